The van der Waals surface area contributed by atoms with Crippen LogP contribution in [-0.4, -0.2) is 57.3 Å². The largest absolute Gasteiger partial charge is 0.492 e. The molecule has 1 aromatic heterocycles. The van der Waals surface area contributed by atoms with E-state index in [2.05, 4.69) is 10.2 Å². The summed E-state index contributed by atoms with van der Waals surface area (Å²) in [5, 5.41) is 22.7. The molecule has 1 heterocycles. The van der Waals surface area contributed by atoms with E-state index in [1.807, 2.05) is 5.32 Å². The topological polar surface area (TPSA) is 130 Å². The molecule has 180 valence electrons. The molecule has 2 aromatic rings. The fourth-order valence-electron chi connectivity index (χ4n) is 2.45. The number of thioether (sulfide) groups is 1. The number of nitrogens with one attached hydrogen (secondary N) is 2. The van der Waals surface area contributed by atoms with Crippen LogP contribution >= 0.6 is 11.8 Å². The van der Waals surface area contributed by atoms with Crippen LogP contribution in [0.4, 0.5) is 22.0 Å². The van der Waals surface area contributed by atoms with Crippen molar-refractivity contribution in [1.29, 1.82) is 0 Å². The maximum atomic E-state index is 13.9. The van der Waals surface area contributed by atoms with E-state index >= 15 is 0 Å². The van der Waals surface area contributed by atoms with Crippen LogP contribution in [0.25, 0.3) is 0 Å². The van der Waals surface area contributed by atoms with Gasteiger partial charge in [-0.1, -0.05) is 0 Å². The Balaban J connectivity index is 2.12. The second kappa shape index (κ2) is 10.9. The Morgan fingerprint density at radius 2 is 1.52 bits per heavy atom. The molecule has 0 radical (unpaired) electrons. The molecule has 15 heteroatoms. The Bertz CT molecular complexity index is 1030. The number of aromatic hydroxyl groups is 2. The summed E-state index contributed by atoms with van der Waals surface area (Å²) in [6.45, 7) is -0.829. The second-order valence-corrected chi connectivity index (χ2v) is 7.26. The molecule has 1 atom stereocenters. The van der Waals surface area contributed by atoms with E-state index in [9.17, 15) is 46.5 Å². The lowest BCUT2D eigenvalue weighted by atomic mass is 10.1. The molecule has 0 unspecified atom stereocenters. The zero-order valence-corrected chi connectivity index (χ0v) is 17.4. The van der Waals surface area contributed by atoms with Crippen LogP contribution in [-0.2, 0) is 9.59 Å². The third-order valence-electron chi connectivity index (χ3n) is 4.07. The van der Waals surface area contributed by atoms with Crippen LogP contribution in [0.1, 0.15) is 16.8 Å². The number of amides is 2. The average Bonchev–Trinajstić information content (AvgIpc) is 3.09. The van der Waals surface area contributed by atoms with Crippen molar-refractivity contribution in [2.75, 3.05) is 18.6 Å². The molecule has 0 aliphatic rings. The zero-order valence-electron chi connectivity index (χ0n) is 16.6. The normalized spacial score (nSPS) is 11.7. The minimum absolute atomic E-state index is 0.137. The van der Waals surface area contributed by atoms with Crippen molar-refractivity contribution in [3.8, 4) is 11.8 Å². The van der Waals surface area contributed by atoms with E-state index in [-0.39, 0.29) is 12.2 Å². The lowest BCUT2D eigenvalue weighted by molar-refractivity contribution is -0.145. The minimum Gasteiger partial charge on any atom is -0.492 e. The fraction of sp³-hybridized carbons (Fsp3) is 0.278. The number of carbonyl (C=O) groups excluding carboxylic acids is 3. The molecule has 0 aliphatic carbocycles. The summed E-state index contributed by atoms with van der Waals surface area (Å²) in [6, 6.07) is 0.490. The van der Waals surface area contributed by atoms with Crippen molar-refractivity contribution in [3.63, 3.8) is 0 Å². The van der Waals surface area contributed by atoms with E-state index < -0.39 is 76.8 Å². The second-order valence-electron chi connectivity index (χ2n) is 6.28. The molecule has 0 fully saturated rings. The molecule has 0 spiro atoms. The summed E-state index contributed by atoms with van der Waals surface area (Å²) < 4.78 is 68.0. The Kier molecular flexibility index (Phi) is 8.50. The van der Waals surface area contributed by atoms with Gasteiger partial charge in [-0.15, -0.1) is 4.73 Å². The highest BCUT2D eigenvalue weighted by Gasteiger charge is 2.32. The quantitative estimate of drug-likeness (QED) is 0.233. The van der Waals surface area contributed by atoms with E-state index in [0.717, 1.165) is 12.1 Å². The Morgan fingerprint density at radius 3 is 2.03 bits per heavy atom. The monoisotopic (exact) mass is 497 g/mol. The number of hydrogen-bond acceptors (Lipinski definition) is 7. The van der Waals surface area contributed by atoms with E-state index in [1.165, 1.54) is 11.8 Å². The number of nitrogens with zero attached hydrogens (tertiary/aromatic N) is 1. The van der Waals surface area contributed by atoms with Gasteiger partial charge in [-0.2, -0.15) is 11.8 Å². The minimum atomic E-state index is -2.45. The SMILES string of the molecule is CSCC[C@H](NC(=O)c1c(F)c(F)c(F)c(F)c1F)C(=O)NCC(=O)On1c(O)ccc1O. The highest BCUT2D eigenvalue weighted by atomic mass is 32.2. The van der Waals surface area contributed by atoms with Gasteiger partial charge in [0.25, 0.3) is 5.91 Å². The number of carbonyl (C=O) groups is 3. The summed E-state index contributed by atoms with van der Waals surface area (Å²) in [4.78, 5) is 41.0. The molecule has 0 aliphatic heterocycles. The molecule has 9 nitrogen and oxygen atoms in total. The van der Waals surface area contributed by atoms with Gasteiger partial charge >= 0.3 is 5.97 Å². The first-order valence-electron chi connectivity index (χ1n) is 8.89. The number of aromatic nitrogens is 1. The van der Waals surface area contributed by atoms with Crippen LogP contribution in [0.2, 0.25) is 0 Å². The van der Waals surface area contributed by atoms with E-state index in [4.69, 9.17) is 0 Å². The van der Waals surface area contributed by atoms with Gasteiger partial charge in [0.2, 0.25) is 23.5 Å². The van der Waals surface area contributed by atoms with Crippen LogP contribution in [0.5, 0.6) is 11.8 Å². The molecule has 2 rings (SSSR count). The first-order valence-corrected chi connectivity index (χ1v) is 10.3. The lowest BCUT2D eigenvalue weighted by Crippen LogP contribution is -2.49. The van der Waals surface area contributed by atoms with Crippen molar-refractivity contribution in [3.05, 3.63) is 46.8 Å². The maximum Gasteiger partial charge on any atom is 0.352 e. The highest BCUT2D eigenvalue weighted by molar-refractivity contribution is 7.98. The first kappa shape index (κ1) is 25.8. The molecule has 0 saturated carbocycles. The summed E-state index contributed by atoms with van der Waals surface area (Å²) >= 11 is 1.21. The first-order chi connectivity index (χ1) is 15.5. The Hall–Kier alpha value is -3.49. The Labute approximate surface area is 186 Å². The van der Waals surface area contributed by atoms with Crippen LogP contribution in [0.3, 0.4) is 0 Å². The highest BCUT2D eigenvalue weighted by Crippen LogP contribution is 2.23. The fourth-order valence-corrected chi connectivity index (χ4v) is 2.92. The summed E-state index contributed by atoms with van der Waals surface area (Å²) in [5.74, 6) is -16.8. The number of hydrogen-bond donors (Lipinski definition) is 4. The smallest absolute Gasteiger partial charge is 0.352 e. The zero-order chi connectivity index (χ0) is 24.9. The number of benzene rings is 1. The van der Waals surface area contributed by atoms with Crippen molar-refractivity contribution in [2.45, 2.75) is 12.5 Å². The van der Waals surface area contributed by atoms with Gasteiger partial charge in [-0.3, -0.25) is 9.59 Å². The molecule has 33 heavy (non-hydrogen) atoms. The molecule has 0 bridgehead atoms. The van der Waals surface area contributed by atoms with Gasteiger partial charge < -0.3 is 25.7 Å². The molecular formula is C18H16F5N3O6S. The van der Waals surface area contributed by atoms with Crippen LogP contribution in [0, 0.1) is 29.1 Å². The van der Waals surface area contributed by atoms with Gasteiger partial charge in [0.15, 0.2) is 23.3 Å². The Morgan fingerprint density at radius 1 is 1.00 bits per heavy atom. The summed E-state index contributed by atoms with van der Waals surface area (Å²) in [6.07, 6.45) is 1.50. The lowest BCUT2D eigenvalue weighted by Gasteiger charge is -2.18. The van der Waals surface area contributed by atoms with Gasteiger partial charge in [-0.25, -0.2) is 26.7 Å². The summed E-state index contributed by atoms with van der Waals surface area (Å²) in [5.41, 5.74) is -1.77. The molecule has 1 aromatic carbocycles. The van der Waals surface area contributed by atoms with Gasteiger partial charge in [0.1, 0.15) is 18.2 Å². The number of halogens is 5. The van der Waals surface area contributed by atoms with Crippen LogP contribution < -0.4 is 15.5 Å². The van der Waals surface area contributed by atoms with Crippen LogP contribution in [0.15, 0.2) is 12.1 Å². The maximum absolute atomic E-state index is 13.9. The molecule has 2 amide bonds. The van der Waals surface area contributed by atoms with E-state index in [1.54, 1.807) is 6.26 Å². The third-order valence-corrected chi connectivity index (χ3v) is 4.71. The van der Waals surface area contributed by atoms with Crippen molar-refractivity contribution >= 4 is 29.5 Å². The van der Waals surface area contributed by atoms with Crippen molar-refractivity contribution < 1.29 is 51.4 Å². The van der Waals surface area contributed by atoms with Crippen molar-refractivity contribution in [2.24, 2.45) is 0 Å². The van der Waals surface area contributed by atoms with Crippen molar-refractivity contribution in [1.82, 2.24) is 15.4 Å². The number of rotatable bonds is 9. The van der Waals surface area contributed by atoms with Gasteiger partial charge in [-0.05, 0) is 18.4 Å². The predicted molar refractivity (Wildman–Crippen MR) is 103 cm³/mol. The third kappa shape index (κ3) is 5.85. The molecule has 4 N–H and O–H groups in total. The predicted octanol–water partition coefficient (Wildman–Crippen LogP) is 1.22. The standard InChI is InChI=1S/C18H16F5N3O6S/c1-33-5-4-7(17(30)24-6-10(29)32-26-8(27)2-3-9(26)28)25-18(31)11-12(19)14(21)16(23)15(22)13(11)20/h2-3,7,27-28H,4-6H2,1H3,(H,24,30)(H,25,31)/t7-/m0/s1. The summed E-state index contributed by atoms with van der Waals surface area (Å²) in [7, 11) is 0. The van der Waals surface area contributed by atoms with E-state index in [0.29, 0.717) is 4.73 Å². The average molecular weight is 497 g/mol. The molecular weight excluding hydrogens is 481 g/mol. The molecule has 0 saturated heterocycles. The van der Waals surface area contributed by atoms with Gasteiger partial charge in [0, 0.05) is 12.1 Å². The van der Waals surface area contributed by atoms with Gasteiger partial charge in [0.05, 0.1) is 0 Å².